The van der Waals surface area contributed by atoms with Gasteiger partial charge in [0.1, 0.15) is 12.4 Å². The maximum atomic E-state index is 12.6. The van der Waals surface area contributed by atoms with Crippen molar-refractivity contribution in [3.63, 3.8) is 0 Å². The number of nitrogens with zero attached hydrogens (tertiary/aromatic N) is 7. The van der Waals surface area contributed by atoms with Crippen molar-refractivity contribution in [2.75, 3.05) is 76.4 Å². The van der Waals surface area contributed by atoms with E-state index in [0.717, 1.165) is 64.5 Å². The molecule has 1 unspecified atom stereocenters. The molecule has 1 amide bonds. The SMILES string of the molecule is C=CC(=O)N1CCN(c2nc(OCC3(CN(C)C)CCOC3)nc3c2CCN(c2cccc4cccc(Cl)c24)C3)C[C@@H]1CC#N. The highest BCUT2D eigenvalue weighted by Crippen LogP contribution is 2.38. The van der Waals surface area contributed by atoms with E-state index in [0.29, 0.717) is 52.0 Å². The Hall–Kier alpha value is -3.91. The minimum Gasteiger partial charge on any atom is -0.463 e. The molecule has 10 nitrogen and oxygen atoms in total. The van der Waals surface area contributed by atoms with Gasteiger partial charge in [-0.1, -0.05) is 42.4 Å². The maximum Gasteiger partial charge on any atom is 0.318 e. The highest BCUT2D eigenvalue weighted by atomic mass is 35.5. The summed E-state index contributed by atoms with van der Waals surface area (Å²) in [5.74, 6) is 0.668. The van der Waals surface area contributed by atoms with Crippen LogP contribution in [0.1, 0.15) is 24.1 Å². The van der Waals surface area contributed by atoms with Crippen LogP contribution in [0, 0.1) is 16.7 Å². The molecule has 3 aromatic rings. The van der Waals surface area contributed by atoms with Gasteiger partial charge in [-0.2, -0.15) is 15.2 Å². The van der Waals surface area contributed by atoms with Crippen LogP contribution in [0.15, 0.2) is 49.1 Å². The van der Waals surface area contributed by atoms with Gasteiger partial charge in [0.2, 0.25) is 5.91 Å². The van der Waals surface area contributed by atoms with Crippen LogP contribution in [-0.4, -0.2) is 98.4 Å². The lowest BCUT2D eigenvalue weighted by molar-refractivity contribution is -0.128. The molecular weight excluding hydrogens is 590 g/mol. The zero-order chi connectivity index (χ0) is 31.6. The van der Waals surface area contributed by atoms with Crippen LogP contribution in [0.5, 0.6) is 6.01 Å². The summed E-state index contributed by atoms with van der Waals surface area (Å²) >= 11 is 6.72. The fourth-order valence-electron chi connectivity index (χ4n) is 7.02. The van der Waals surface area contributed by atoms with Crippen molar-refractivity contribution in [1.82, 2.24) is 19.8 Å². The van der Waals surface area contributed by atoms with Crippen molar-refractivity contribution >= 4 is 39.8 Å². The first-order valence-electron chi connectivity index (χ1n) is 15.5. The van der Waals surface area contributed by atoms with Gasteiger partial charge in [-0.15, -0.1) is 0 Å². The van der Waals surface area contributed by atoms with E-state index in [2.05, 4.69) is 65.7 Å². The Morgan fingerprint density at radius 1 is 1.22 bits per heavy atom. The molecule has 0 aliphatic carbocycles. The van der Waals surface area contributed by atoms with Crippen molar-refractivity contribution in [1.29, 1.82) is 5.26 Å². The second kappa shape index (κ2) is 13.2. The van der Waals surface area contributed by atoms with Gasteiger partial charge in [0.05, 0.1) is 42.4 Å². The number of anilines is 2. The number of halogens is 1. The van der Waals surface area contributed by atoms with Gasteiger partial charge in [0, 0.05) is 61.4 Å². The molecule has 2 atom stereocenters. The fourth-order valence-corrected chi connectivity index (χ4v) is 7.30. The number of rotatable bonds is 9. The fraction of sp³-hybridized carbons (Fsp3) is 0.471. The number of carbonyl (C=O) groups is 1. The molecule has 2 saturated heterocycles. The quantitative estimate of drug-likeness (QED) is 0.321. The minimum absolute atomic E-state index is 0.136. The Labute approximate surface area is 269 Å². The van der Waals surface area contributed by atoms with Crippen molar-refractivity contribution in [2.24, 2.45) is 5.41 Å². The van der Waals surface area contributed by atoms with Crippen molar-refractivity contribution in [2.45, 2.75) is 31.8 Å². The number of fused-ring (bicyclic) bond motifs is 2. The number of ether oxygens (including phenoxy) is 2. The van der Waals surface area contributed by atoms with Crippen LogP contribution in [-0.2, 0) is 22.5 Å². The number of benzene rings is 2. The molecule has 2 aromatic carbocycles. The van der Waals surface area contributed by atoms with Crippen LogP contribution < -0.4 is 14.5 Å². The zero-order valence-electron chi connectivity index (χ0n) is 26.0. The van der Waals surface area contributed by atoms with Gasteiger partial charge >= 0.3 is 6.01 Å². The van der Waals surface area contributed by atoms with E-state index in [4.69, 9.17) is 31.0 Å². The van der Waals surface area contributed by atoms with Gasteiger partial charge in [-0.05, 0) is 50.5 Å². The lowest BCUT2D eigenvalue weighted by Crippen LogP contribution is -2.55. The van der Waals surface area contributed by atoms with Crippen molar-refractivity contribution < 1.29 is 14.3 Å². The summed E-state index contributed by atoms with van der Waals surface area (Å²) in [7, 11) is 4.13. The average molecular weight is 630 g/mol. The molecule has 0 N–H and O–H groups in total. The summed E-state index contributed by atoms with van der Waals surface area (Å²) in [6.45, 7) is 9.21. The predicted octanol–water partition coefficient (Wildman–Crippen LogP) is 4.31. The molecule has 236 valence electrons. The van der Waals surface area contributed by atoms with E-state index in [1.54, 1.807) is 4.90 Å². The van der Waals surface area contributed by atoms with E-state index < -0.39 is 0 Å². The molecule has 2 fully saturated rings. The Bertz CT molecular complexity index is 1610. The summed E-state index contributed by atoms with van der Waals surface area (Å²) in [5, 5.41) is 12.4. The van der Waals surface area contributed by atoms with Gasteiger partial charge in [-0.3, -0.25) is 4.79 Å². The van der Waals surface area contributed by atoms with E-state index in [-0.39, 0.29) is 23.8 Å². The van der Waals surface area contributed by atoms with E-state index in [1.165, 1.54) is 6.08 Å². The Balaban J connectivity index is 1.35. The second-order valence-corrected chi connectivity index (χ2v) is 13.0. The molecule has 0 spiro atoms. The van der Waals surface area contributed by atoms with Crippen LogP contribution in [0.3, 0.4) is 0 Å². The lowest BCUT2D eigenvalue weighted by atomic mass is 9.88. The van der Waals surface area contributed by atoms with Gasteiger partial charge in [0.25, 0.3) is 0 Å². The molecule has 0 bridgehead atoms. The largest absolute Gasteiger partial charge is 0.463 e. The molecule has 6 rings (SSSR count). The van der Waals surface area contributed by atoms with Gasteiger partial charge in [-0.25, -0.2) is 0 Å². The number of aromatic nitrogens is 2. The number of nitriles is 1. The van der Waals surface area contributed by atoms with E-state index >= 15 is 0 Å². The molecule has 45 heavy (non-hydrogen) atoms. The van der Waals surface area contributed by atoms with Crippen molar-refractivity contribution in [3.05, 3.63) is 65.3 Å². The number of hydrogen-bond acceptors (Lipinski definition) is 9. The number of piperazine rings is 1. The summed E-state index contributed by atoms with van der Waals surface area (Å²) in [6, 6.07) is 14.6. The summed E-state index contributed by atoms with van der Waals surface area (Å²) < 4.78 is 12.2. The van der Waals surface area contributed by atoms with Crippen molar-refractivity contribution in [3.8, 4) is 12.1 Å². The van der Waals surface area contributed by atoms with Crippen LogP contribution >= 0.6 is 11.6 Å². The van der Waals surface area contributed by atoms with Gasteiger partial charge < -0.3 is 29.1 Å². The maximum absolute atomic E-state index is 12.6. The summed E-state index contributed by atoms with van der Waals surface area (Å²) in [6.07, 6.45) is 3.20. The molecule has 3 aliphatic rings. The smallest absolute Gasteiger partial charge is 0.318 e. The normalized spacial score (nSPS) is 21.6. The Kier molecular flexibility index (Phi) is 9.13. The van der Waals surface area contributed by atoms with E-state index in [9.17, 15) is 10.1 Å². The number of hydrogen-bond donors (Lipinski definition) is 0. The Morgan fingerprint density at radius 2 is 2.04 bits per heavy atom. The van der Waals surface area contributed by atoms with Crippen LogP contribution in [0.4, 0.5) is 11.5 Å². The summed E-state index contributed by atoms with van der Waals surface area (Å²) in [5.41, 5.74) is 2.93. The highest BCUT2D eigenvalue weighted by molar-refractivity contribution is 6.36. The molecular formula is C34H40ClN7O3. The first kappa shape index (κ1) is 31.1. The first-order valence-corrected chi connectivity index (χ1v) is 15.9. The average Bonchev–Trinajstić information content (AvgIpc) is 3.50. The van der Waals surface area contributed by atoms with Crippen LogP contribution in [0.2, 0.25) is 5.02 Å². The highest BCUT2D eigenvalue weighted by Gasteiger charge is 2.38. The molecule has 0 saturated carbocycles. The third kappa shape index (κ3) is 6.43. The van der Waals surface area contributed by atoms with E-state index in [1.807, 2.05) is 12.1 Å². The number of carbonyl (C=O) groups excluding carboxylic acids is 1. The third-order valence-corrected chi connectivity index (χ3v) is 9.42. The minimum atomic E-state index is -0.263. The lowest BCUT2D eigenvalue weighted by Gasteiger charge is -2.42. The van der Waals surface area contributed by atoms with Crippen LogP contribution in [0.25, 0.3) is 10.8 Å². The third-order valence-electron chi connectivity index (χ3n) is 9.11. The zero-order valence-corrected chi connectivity index (χ0v) is 26.8. The monoisotopic (exact) mass is 629 g/mol. The Morgan fingerprint density at radius 3 is 2.78 bits per heavy atom. The second-order valence-electron chi connectivity index (χ2n) is 12.6. The molecule has 0 radical (unpaired) electrons. The summed E-state index contributed by atoms with van der Waals surface area (Å²) in [4.78, 5) is 31.1. The predicted molar refractivity (Wildman–Crippen MR) is 176 cm³/mol. The molecule has 3 aliphatic heterocycles. The number of amides is 1. The first-order chi connectivity index (χ1) is 21.8. The van der Waals surface area contributed by atoms with Gasteiger partial charge in [0.15, 0.2) is 0 Å². The topological polar surface area (TPSA) is 98.1 Å². The molecule has 4 heterocycles. The molecule has 1 aromatic heterocycles. The molecule has 11 heteroatoms. The standard InChI is InChI=1S/C34H40ClN7O3/c1-4-30(43)42-17-16-41(19-25(42)11-14-36)32-26-12-15-40(29-10-6-8-24-7-5-9-27(35)31(24)29)20-28(26)37-33(38-32)45-23-34(21-39(2)3)13-18-44-22-34/h4-10,25H,1,11-13,15-23H2,2-3H3/t25-,34?/m0/s1.